The van der Waals surface area contributed by atoms with Gasteiger partial charge in [0.25, 0.3) is 0 Å². The average molecular weight is 250 g/mol. The fraction of sp³-hybridized carbons (Fsp3) is 0.571. The summed E-state index contributed by atoms with van der Waals surface area (Å²) < 4.78 is 10.8. The largest absolute Gasteiger partial charge is 0.493 e. The van der Waals surface area contributed by atoms with Crippen LogP contribution in [0.25, 0.3) is 0 Å². The van der Waals surface area contributed by atoms with Crippen molar-refractivity contribution >= 4 is 0 Å². The molecule has 0 saturated heterocycles. The van der Waals surface area contributed by atoms with Gasteiger partial charge in [-0.25, -0.2) is 0 Å². The molecule has 1 aliphatic rings. The van der Waals surface area contributed by atoms with Crippen LogP contribution in [0, 0.1) is 0 Å². The van der Waals surface area contributed by atoms with Gasteiger partial charge in [0.2, 0.25) is 0 Å². The van der Waals surface area contributed by atoms with E-state index in [0.717, 1.165) is 31.0 Å². The highest BCUT2D eigenvalue weighted by Gasteiger charge is 2.26. The minimum Gasteiger partial charge on any atom is -0.493 e. The second-order valence-corrected chi connectivity index (χ2v) is 4.71. The quantitative estimate of drug-likeness (QED) is 0.877. The van der Waals surface area contributed by atoms with Crippen molar-refractivity contribution in [1.82, 2.24) is 10.2 Å². The first kappa shape index (κ1) is 13.2. The minimum absolute atomic E-state index is 0.401. The molecular formula is C14H22N2O2. The molecule has 2 rings (SSSR count). The molecule has 100 valence electrons. The Hall–Kier alpha value is -1.26. The topological polar surface area (TPSA) is 33.7 Å². The van der Waals surface area contributed by atoms with Crippen LogP contribution in [0.15, 0.2) is 12.1 Å². The third-order valence-corrected chi connectivity index (χ3v) is 3.67. The third-order valence-electron chi connectivity index (χ3n) is 3.67. The van der Waals surface area contributed by atoms with Crippen molar-refractivity contribution in [3.8, 4) is 11.5 Å². The first-order valence-electron chi connectivity index (χ1n) is 6.31. The van der Waals surface area contributed by atoms with Gasteiger partial charge in [0.15, 0.2) is 11.5 Å². The molecule has 0 aliphatic carbocycles. The van der Waals surface area contributed by atoms with E-state index in [1.54, 1.807) is 14.2 Å². The minimum atomic E-state index is 0.401. The molecule has 0 amide bonds. The summed E-state index contributed by atoms with van der Waals surface area (Å²) >= 11 is 0. The van der Waals surface area contributed by atoms with Gasteiger partial charge in [-0.15, -0.1) is 0 Å². The molecule has 1 N–H and O–H groups in total. The van der Waals surface area contributed by atoms with Crippen LogP contribution in [0.1, 0.15) is 17.2 Å². The predicted octanol–water partition coefficient (Wildman–Crippen LogP) is 1.45. The molecule has 0 radical (unpaired) electrons. The molecule has 1 aliphatic heterocycles. The monoisotopic (exact) mass is 250 g/mol. The standard InChI is InChI=1S/C14H22N2O2/c1-15-9-12-11-8-14(18-4)13(17-3)7-10(11)5-6-16(12)2/h7-8,12,15H,5-6,9H2,1-4H3. The Bertz CT molecular complexity index is 421. The van der Waals surface area contributed by atoms with Gasteiger partial charge < -0.3 is 14.8 Å². The van der Waals surface area contributed by atoms with E-state index in [0.29, 0.717) is 6.04 Å². The van der Waals surface area contributed by atoms with E-state index in [1.807, 2.05) is 7.05 Å². The van der Waals surface area contributed by atoms with Crippen molar-refractivity contribution in [2.24, 2.45) is 0 Å². The summed E-state index contributed by atoms with van der Waals surface area (Å²) in [6.07, 6.45) is 1.06. The highest BCUT2D eigenvalue weighted by Crippen LogP contribution is 2.37. The number of hydrogen-bond donors (Lipinski definition) is 1. The molecule has 0 saturated carbocycles. The van der Waals surface area contributed by atoms with E-state index in [9.17, 15) is 0 Å². The molecule has 18 heavy (non-hydrogen) atoms. The fourth-order valence-corrected chi connectivity index (χ4v) is 2.61. The number of likely N-dealkylation sites (N-methyl/N-ethyl adjacent to an activating group) is 2. The zero-order valence-corrected chi connectivity index (χ0v) is 11.6. The van der Waals surface area contributed by atoms with E-state index in [4.69, 9.17) is 9.47 Å². The maximum absolute atomic E-state index is 5.40. The molecule has 1 atom stereocenters. The molecule has 1 aromatic carbocycles. The molecule has 0 spiro atoms. The Morgan fingerprint density at radius 3 is 2.56 bits per heavy atom. The van der Waals surface area contributed by atoms with Crippen LogP contribution in [0.5, 0.6) is 11.5 Å². The zero-order chi connectivity index (χ0) is 13.1. The average Bonchev–Trinajstić information content (AvgIpc) is 2.40. The van der Waals surface area contributed by atoms with Crippen LogP contribution in [-0.4, -0.2) is 46.3 Å². The zero-order valence-electron chi connectivity index (χ0n) is 11.6. The van der Waals surface area contributed by atoms with Gasteiger partial charge in [0, 0.05) is 19.1 Å². The molecular weight excluding hydrogens is 228 g/mol. The summed E-state index contributed by atoms with van der Waals surface area (Å²) in [5, 5.41) is 3.26. The number of nitrogens with zero attached hydrogens (tertiary/aromatic N) is 1. The van der Waals surface area contributed by atoms with Crippen molar-refractivity contribution < 1.29 is 9.47 Å². The van der Waals surface area contributed by atoms with Crippen LogP contribution < -0.4 is 14.8 Å². The van der Waals surface area contributed by atoms with E-state index >= 15 is 0 Å². The lowest BCUT2D eigenvalue weighted by Gasteiger charge is -2.35. The molecule has 1 heterocycles. The molecule has 0 bridgehead atoms. The van der Waals surface area contributed by atoms with Crippen molar-refractivity contribution in [2.75, 3.05) is 41.4 Å². The first-order chi connectivity index (χ1) is 8.71. The van der Waals surface area contributed by atoms with Crippen molar-refractivity contribution in [2.45, 2.75) is 12.5 Å². The number of ether oxygens (including phenoxy) is 2. The van der Waals surface area contributed by atoms with E-state index in [1.165, 1.54) is 11.1 Å². The maximum atomic E-state index is 5.40. The summed E-state index contributed by atoms with van der Waals surface area (Å²) in [7, 11) is 7.53. The van der Waals surface area contributed by atoms with Crippen LogP contribution >= 0.6 is 0 Å². The smallest absolute Gasteiger partial charge is 0.161 e. The van der Waals surface area contributed by atoms with Crippen LogP contribution in [0.4, 0.5) is 0 Å². The Balaban J connectivity index is 2.44. The predicted molar refractivity (Wildman–Crippen MR) is 72.5 cm³/mol. The fourth-order valence-electron chi connectivity index (χ4n) is 2.61. The van der Waals surface area contributed by atoms with Gasteiger partial charge >= 0.3 is 0 Å². The van der Waals surface area contributed by atoms with Crippen LogP contribution in [-0.2, 0) is 6.42 Å². The number of hydrogen-bond acceptors (Lipinski definition) is 4. The van der Waals surface area contributed by atoms with Crippen LogP contribution in [0.2, 0.25) is 0 Å². The number of nitrogens with one attached hydrogen (secondary N) is 1. The second-order valence-electron chi connectivity index (χ2n) is 4.71. The first-order valence-corrected chi connectivity index (χ1v) is 6.31. The Morgan fingerprint density at radius 2 is 1.94 bits per heavy atom. The number of fused-ring (bicyclic) bond motifs is 1. The van der Waals surface area contributed by atoms with Gasteiger partial charge in [0.1, 0.15) is 0 Å². The Labute approximate surface area is 109 Å². The summed E-state index contributed by atoms with van der Waals surface area (Å²) in [4.78, 5) is 2.38. The number of methoxy groups -OCH3 is 2. The van der Waals surface area contributed by atoms with E-state index < -0.39 is 0 Å². The summed E-state index contributed by atoms with van der Waals surface area (Å²) in [6, 6.07) is 4.63. The Morgan fingerprint density at radius 1 is 1.28 bits per heavy atom. The van der Waals surface area contributed by atoms with E-state index in [-0.39, 0.29) is 0 Å². The van der Waals surface area contributed by atoms with Gasteiger partial charge in [-0.1, -0.05) is 0 Å². The second kappa shape index (κ2) is 5.59. The third kappa shape index (κ3) is 2.31. The number of benzene rings is 1. The molecule has 0 fully saturated rings. The van der Waals surface area contributed by atoms with Gasteiger partial charge in [0.05, 0.1) is 14.2 Å². The summed E-state index contributed by atoms with van der Waals surface area (Å²) in [6.45, 7) is 2.02. The summed E-state index contributed by atoms with van der Waals surface area (Å²) in [5.41, 5.74) is 2.71. The van der Waals surface area contributed by atoms with Crippen molar-refractivity contribution in [3.05, 3.63) is 23.3 Å². The van der Waals surface area contributed by atoms with Gasteiger partial charge in [-0.3, -0.25) is 4.90 Å². The lowest BCUT2D eigenvalue weighted by molar-refractivity contribution is 0.226. The SMILES string of the molecule is CNCC1c2cc(OC)c(OC)cc2CCN1C. The lowest BCUT2D eigenvalue weighted by atomic mass is 9.92. The van der Waals surface area contributed by atoms with E-state index in [2.05, 4.69) is 29.4 Å². The van der Waals surface area contributed by atoms with Gasteiger partial charge in [-0.05, 0) is 43.8 Å². The lowest BCUT2D eigenvalue weighted by Crippen LogP contribution is -2.37. The molecule has 1 unspecified atom stereocenters. The highest BCUT2D eigenvalue weighted by molar-refractivity contribution is 5.49. The molecule has 4 heteroatoms. The normalized spacial score (nSPS) is 19.4. The number of rotatable bonds is 4. The Kier molecular flexibility index (Phi) is 4.09. The van der Waals surface area contributed by atoms with Crippen molar-refractivity contribution in [1.29, 1.82) is 0 Å². The maximum Gasteiger partial charge on any atom is 0.161 e. The van der Waals surface area contributed by atoms with Crippen molar-refractivity contribution in [3.63, 3.8) is 0 Å². The highest BCUT2D eigenvalue weighted by atomic mass is 16.5. The van der Waals surface area contributed by atoms with Gasteiger partial charge in [-0.2, -0.15) is 0 Å². The van der Waals surface area contributed by atoms with Crippen LogP contribution in [0.3, 0.4) is 0 Å². The molecule has 4 nitrogen and oxygen atoms in total. The summed E-state index contributed by atoms with van der Waals surface area (Å²) in [5.74, 6) is 1.64. The molecule has 1 aromatic rings. The molecule has 0 aromatic heterocycles.